The third-order valence-corrected chi connectivity index (χ3v) is 4.24. The van der Waals surface area contributed by atoms with Gasteiger partial charge in [0.2, 0.25) is 0 Å². The largest absolute Gasteiger partial charge is 0.482 e. The van der Waals surface area contributed by atoms with Crippen molar-refractivity contribution < 1.29 is 9.13 Å². The van der Waals surface area contributed by atoms with E-state index in [-0.39, 0.29) is 17.2 Å². The summed E-state index contributed by atoms with van der Waals surface area (Å²) in [7, 11) is 0. The van der Waals surface area contributed by atoms with Crippen molar-refractivity contribution >= 4 is 27.5 Å². The number of rotatable bonds is 5. The van der Waals surface area contributed by atoms with Crippen molar-refractivity contribution in [3.8, 4) is 5.75 Å². The molecule has 21 heavy (non-hydrogen) atoms. The summed E-state index contributed by atoms with van der Waals surface area (Å²) >= 11 is 9.54. The molecule has 0 aliphatic carbocycles. The molecule has 2 aromatic rings. The van der Waals surface area contributed by atoms with E-state index >= 15 is 0 Å². The molecule has 2 aromatic carbocycles. The van der Waals surface area contributed by atoms with Crippen molar-refractivity contribution in [1.82, 2.24) is 0 Å². The summed E-state index contributed by atoms with van der Waals surface area (Å²) in [5, 5.41) is 0.232. The van der Waals surface area contributed by atoms with E-state index in [0.717, 1.165) is 16.5 Å². The van der Waals surface area contributed by atoms with Gasteiger partial charge in [0.05, 0.1) is 5.02 Å². The molecule has 0 spiro atoms. The minimum atomic E-state index is -0.399. The van der Waals surface area contributed by atoms with Crippen molar-refractivity contribution in [3.63, 3.8) is 0 Å². The Labute approximate surface area is 137 Å². The van der Waals surface area contributed by atoms with Crippen LogP contribution in [0, 0.1) is 5.82 Å². The summed E-state index contributed by atoms with van der Waals surface area (Å²) in [6.45, 7) is 1.99. The Morgan fingerprint density at radius 1 is 1.29 bits per heavy atom. The van der Waals surface area contributed by atoms with Gasteiger partial charge >= 0.3 is 0 Å². The maximum absolute atomic E-state index is 13.1. The van der Waals surface area contributed by atoms with E-state index in [1.54, 1.807) is 0 Å². The van der Waals surface area contributed by atoms with Crippen molar-refractivity contribution in [2.24, 2.45) is 5.73 Å². The van der Waals surface area contributed by atoms with Gasteiger partial charge in [-0.1, -0.05) is 52.7 Å². The van der Waals surface area contributed by atoms with E-state index in [4.69, 9.17) is 22.1 Å². The highest BCUT2D eigenvalue weighted by Crippen LogP contribution is 2.34. The molecule has 0 aliphatic rings. The second-order valence-corrected chi connectivity index (χ2v) is 5.97. The maximum atomic E-state index is 13.1. The van der Waals surface area contributed by atoms with E-state index in [1.165, 1.54) is 18.2 Å². The number of ether oxygens (including phenoxy) is 1. The first-order chi connectivity index (χ1) is 10.0. The SMILES string of the molecule is CCC(N)C(Oc1ccc(F)cc1Cl)c1ccccc1Br. The van der Waals surface area contributed by atoms with Gasteiger partial charge in [-0.15, -0.1) is 0 Å². The molecule has 112 valence electrons. The summed E-state index contributed by atoms with van der Waals surface area (Å²) in [5.41, 5.74) is 7.12. The third-order valence-electron chi connectivity index (χ3n) is 3.22. The van der Waals surface area contributed by atoms with Crippen LogP contribution in [0.15, 0.2) is 46.9 Å². The molecule has 0 heterocycles. The Morgan fingerprint density at radius 3 is 2.62 bits per heavy atom. The predicted molar refractivity (Wildman–Crippen MR) is 87.2 cm³/mol. The minimum absolute atomic E-state index is 0.204. The first kappa shape index (κ1) is 16.3. The van der Waals surface area contributed by atoms with Gasteiger partial charge in [0.25, 0.3) is 0 Å². The molecule has 0 bridgehead atoms. The average Bonchev–Trinajstić information content (AvgIpc) is 2.47. The smallest absolute Gasteiger partial charge is 0.140 e. The van der Waals surface area contributed by atoms with Gasteiger partial charge < -0.3 is 10.5 Å². The fraction of sp³-hybridized carbons (Fsp3) is 0.250. The van der Waals surface area contributed by atoms with Gasteiger partial charge in [-0.3, -0.25) is 0 Å². The van der Waals surface area contributed by atoms with Gasteiger partial charge in [-0.2, -0.15) is 0 Å². The lowest BCUT2D eigenvalue weighted by Crippen LogP contribution is -2.31. The Bertz CT molecular complexity index is 623. The highest BCUT2D eigenvalue weighted by atomic mass is 79.9. The molecule has 2 unspecified atom stereocenters. The molecule has 2 N–H and O–H groups in total. The Balaban J connectivity index is 2.35. The van der Waals surface area contributed by atoms with E-state index in [0.29, 0.717) is 5.75 Å². The molecule has 0 amide bonds. The summed E-state index contributed by atoms with van der Waals surface area (Å²) in [4.78, 5) is 0. The average molecular weight is 373 g/mol. The van der Waals surface area contributed by atoms with Crippen LogP contribution in [-0.2, 0) is 0 Å². The van der Waals surface area contributed by atoms with Crippen LogP contribution in [0.5, 0.6) is 5.75 Å². The fourth-order valence-electron chi connectivity index (χ4n) is 2.01. The molecule has 2 nitrogen and oxygen atoms in total. The summed E-state index contributed by atoms with van der Waals surface area (Å²) in [5.74, 6) is 0.0206. The van der Waals surface area contributed by atoms with Crippen molar-refractivity contribution in [2.75, 3.05) is 0 Å². The molecule has 2 atom stereocenters. The predicted octanol–water partition coefficient (Wildman–Crippen LogP) is 5.10. The zero-order valence-corrected chi connectivity index (χ0v) is 13.9. The van der Waals surface area contributed by atoms with Gasteiger partial charge in [0.15, 0.2) is 0 Å². The van der Waals surface area contributed by atoms with Gasteiger partial charge in [0, 0.05) is 16.1 Å². The maximum Gasteiger partial charge on any atom is 0.140 e. The number of benzene rings is 2. The minimum Gasteiger partial charge on any atom is -0.482 e. The van der Waals surface area contributed by atoms with Crippen molar-refractivity contribution in [2.45, 2.75) is 25.5 Å². The van der Waals surface area contributed by atoms with Gasteiger partial charge in [-0.25, -0.2) is 4.39 Å². The van der Waals surface area contributed by atoms with Crippen LogP contribution in [0.1, 0.15) is 25.0 Å². The molecule has 0 aromatic heterocycles. The molecule has 2 rings (SSSR count). The molecule has 0 fully saturated rings. The zero-order chi connectivity index (χ0) is 15.4. The molecular formula is C16H16BrClFNO. The van der Waals surface area contributed by atoms with Crippen LogP contribution >= 0.6 is 27.5 Å². The van der Waals surface area contributed by atoms with E-state index in [1.807, 2.05) is 31.2 Å². The number of nitrogens with two attached hydrogens (primary N) is 1. The summed E-state index contributed by atoms with van der Waals surface area (Å²) in [6.07, 6.45) is 0.374. The molecular weight excluding hydrogens is 357 g/mol. The lowest BCUT2D eigenvalue weighted by molar-refractivity contribution is 0.170. The lowest BCUT2D eigenvalue weighted by atomic mass is 10.0. The fourth-order valence-corrected chi connectivity index (χ4v) is 2.73. The third kappa shape index (κ3) is 3.96. The molecule has 0 radical (unpaired) electrons. The Hall–Kier alpha value is -1.10. The monoisotopic (exact) mass is 371 g/mol. The molecule has 0 aliphatic heterocycles. The van der Waals surface area contributed by atoms with E-state index < -0.39 is 5.82 Å². The first-order valence-electron chi connectivity index (χ1n) is 6.64. The van der Waals surface area contributed by atoms with Crippen LogP contribution in [0.2, 0.25) is 5.02 Å². The van der Waals surface area contributed by atoms with E-state index in [9.17, 15) is 4.39 Å². The van der Waals surface area contributed by atoms with Gasteiger partial charge in [-0.05, 0) is 30.7 Å². The van der Waals surface area contributed by atoms with Crippen LogP contribution in [0.4, 0.5) is 4.39 Å². The van der Waals surface area contributed by atoms with Crippen molar-refractivity contribution in [1.29, 1.82) is 0 Å². The second kappa shape index (κ2) is 7.25. The van der Waals surface area contributed by atoms with Crippen LogP contribution in [-0.4, -0.2) is 6.04 Å². The lowest BCUT2D eigenvalue weighted by Gasteiger charge is -2.26. The first-order valence-corrected chi connectivity index (χ1v) is 7.81. The zero-order valence-electron chi connectivity index (χ0n) is 11.5. The Kier molecular flexibility index (Phi) is 5.62. The normalized spacial score (nSPS) is 13.8. The van der Waals surface area contributed by atoms with Crippen LogP contribution in [0.3, 0.4) is 0 Å². The topological polar surface area (TPSA) is 35.2 Å². The molecule has 0 saturated carbocycles. The summed E-state index contributed by atoms with van der Waals surface area (Å²) < 4.78 is 20.0. The van der Waals surface area contributed by atoms with Gasteiger partial charge in [0.1, 0.15) is 17.7 Å². The highest BCUT2D eigenvalue weighted by molar-refractivity contribution is 9.10. The number of halogens is 3. The highest BCUT2D eigenvalue weighted by Gasteiger charge is 2.23. The molecule has 0 saturated heterocycles. The quantitative estimate of drug-likeness (QED) is 0.792. The van der Waals surface area contributed by atoms with Crippen LogP contribution < -0.4 is 10.5 Å². The van der Waals surface area contributed by atoms with Crippen LogP contribution in [0.25, 0.3) is 0 Å². The number of hydrogen-bond acceptors (Lipinski definition) is 2. The number of hydrogen-bond donors (Lipinski definition) is 1. The second-order valence-electron chi connectivity index (χ2n) is 4.71. The molecule has 5 heteroatoms. The standard InChI is InChI=1S/C16H16BrClFNO/c1-2-14(20)16(11-5-3-4-6-12(11)17)21-15-8-7-10(19)9-13(15)18/h3-9,14,16H,2,20H2,1H3. The van der Waals surface area contributed by atoms with E-state index in [2.05, 4.69) is 15.9 Å². The Morgan fingerprint density at radius 2 is 2.00 bits per heavy atom. The summed E-state index contributed by atoms with van der Waals surface area (Å²) in [6, 6.07) is 11.6. The van der Waals surface area contributed by atoms with Crippen molar-refractivity contribution in [3.05, 3.63) is 63.3 Å².